The fraction of sp³-hybridized carbons (Fsp3) is 1.00. The van der Waals surface area contributed by atoms with E-state index in [2.05, 4.69) is 5.32 Å². The van der Waals surface area contributed by atoms with E-state index in [1.807, 2.05) is 0 Å². The number of aliphatic hydroxyl groups is 1. The Bertz CT molecular complexity index is 174. The molecule has 3 nitrogen and oxygen atoms in total. The summed E-state index contributed by atoms with van der Waals surface area (Å²) >= 11 is 0. The van der Waals surface area contributed by atoms with Crippen LogP contribution in [0.5, 0.6) is 0 Å². The maximum atomic E-state index is 10.3. The minimum atomic E-state index is -0.576. The first-order valence-corrected chi connectivity index (χ1v) is 5.39. The van der Waals surface area contributed by atoms with Gasteiger partial charge in [-0.1, -0.05) is 12.8 Å². The smallest absolute Gasteiger partial charge is 0.0822 e. The van der Waals surface area contributed by atoms with Crippen LogP contribution < -0.4 is 11.1 Å². The Hall–Kier alpha value is -0.120. The molecule has 2 fully saturated rings. The maximum absolute atomic E-state index is 10.3. The van der Waals surface area contributed by atoms with Crippen molar-refractivity contribution in [2.75, 3.05) is 13.1 Å². The van der Waals surface area contributed by atoms with Crippen molar-refractivity contribution in [1.82, 2.24) is 5.32 Å². The van der Waals surface area contributed by atoms with Crippen molar-refractivity contribution in [2.24, 2.45) is 11.7 Å². The van der Waals surface area contributed by atoms with Crippen LogP contribution in [0, 0.1) is 5.92 Å². The summed E-state index contributed by atoms with van der Waals surface area (Å²) in [6, 6.07) is 0.00194. The highest BCUT2D eigenvalue weighted by Gasteiger charge is 2.38. The van der Waals surface area contributed by atoms with Crippen LogP contribution in [0.25, 0.3) is 0 Å². The van der Waals surface area contributed by atoms with Gasteiger partial charge >= 0.3 is 0 Å². The zero-order chi connectivity index (χ0) is 9.31. The monoisotopic (exact) mass is 184 g/mol. The molecule has 0 radical (unpaired) electrons. The largest absolute Gasteiger partial charge is 0.388 e. The van der Waals surface area contributed by atoms with Gasteiger partial charge in [-0.25, -0.2) is 0 Å². The third-order valence-electron chi connectivity index (χ3n) is 3.44. The van der Waals surface area contributed by atoms with E-state index in [1.54, 1.807) is 0 Å². The summed E-state index contributed by atoms with van der Waals surface area (Å²) in [7, 11) is 0. The molecular formula is C10H20N2O. The average molecular weight is 184 g/mol. The van der Waals surface area contributed by atoms with Crippen LogP contribution in [-0.2, 0) is 0 Å². The lowest BCUT2D eigenvalue weighted by Gasteiger charge is -2.37. The number of nitrogens with one attached hydrogen (secondary N) is 1. The molecule has 0 spiro atoms. The van der Waals surface area contributed by atoms with Gasteiger partial charge in [-0.15, -0.1) is 0 Å². The molecule has 4 N–H and O–H groups in total. The van der Waals surface area contributed by atoms with Crippen LogP contribution >= 0.6 is 0 Å². The molecule has 3 heteroatoms. The summed E-state index contributed by atoms with van der Waals surface area (Å²) in [6.07, 6.45) is 5.31. The number of piperidine rings is 1. The quantitative estimate of drug-likeness (QED) is 0.588. The van der Waals surface area contributed by atoms with Crippen LogP contribution in [0.3, 0.4) is 0 Å². The molecule has 1 unspecified atom stereocenters. The lowest BCUT2D eigenvalue weighted by atomic mass is 9.83. The van der Waals surface area contributed by atoms with Gasteiger partial charge in [0.25, 0.3) is 0 Å². The highest BCUT2D eigenvalue weighted by Crippen LogP contribution is 2.36. The minimum absolute atomic E-state index is 0.00194. The van der Waals surface area contributed by atoms with Crippen molar-refractivity contribution in [1.29, 1.82) is 0 Å². The summed E-state index contributed by atoms with van der Waals surface area (Å²) in [6.45, 7) is 1.82. The molecule has 1 saturated carbocycles. The normalized spacial score (nSPS) is 30.0. The van der Waals surface area contributed by atoms with Crippen LogP contribution in [0.4, 0.5) is 0 Å². The number of nitrogens with two attached hydrogens (primary N) is 1. The molecule has 1 saturated heterocycles. The molecule has 13 heavy (non-hydrogen) atoms. The van der Waals surface area contributed by atoms with Crippen molar-refractivity contribution >= 4 is 0 Å². The van der Waals surface area contributed by atoms with Crippen molar-refractivity contribution in [3.05, 3.63) is 0 Å². The number of hydrogen-bond donors (Lipinski definition) is 3. The van der Waals surface area contributed by atoms with Gasteiger partial charge in [0.15, 0.2) is 0 Å². The summed E-state index contributed by atoms with van der Waals surface area (Å²) < 4.78 is 0. The lowest BCUT2D eigenvalue weighted by Crippen LogP contribution is -2.54. The standard InChI is InChI=1S/C10H20N2O/c11-9(7-8-1-2-8)10(13)3-5-12-6-4-10/h8-9,12-13H,1-7,11H2. The Kier molecular flexibility index (Phi) is 2.58. The SMILES string of the molecule is NC(CC1CC1)C1(O)CCNCC1. The fourth-order valence-corrected chi connectivity index (χ4v) is 2.16. The van der Waals surface area contributed by atoms with Crippen molar-refractivity contribution in [3.63, 3.8) is 0 Å². The van der Waals surface area contributed by atoms with E-state index in [-0.39, 0.29) is 6.04 Å². The molecule has 2 rings (SSSR count). The van der Waals surface area contributed by atoms with E-state index in [0.29, 0.717) is 0 Å². The highest BCUT2D eigenvalue weighted by molar-refractivity contribution is 4.95. The Morgan fingerprint density at radius 3 is 2.54 bits per heavy atom. The molecule has 0 aromatic heterocycles. The van der Waals surface area contributed by atoms with Crippen LogP contribution in [-0.4, -0.2) is 29.8 Å². The van der Waals surface area contributed by atoms with Crippen molar-refractivity contribution in [2.45, 2.75) is 43.7 Å². The zero-order valence-electron chi connectivity index (χ0n) is 8.13. The molecule has 1 heterocycles. The molecule has 1 atom stereocenters. The summed E-state index contributed by atoms with van der Waals surface area (Å²) in [4.78, 5) is 0. The van der Waals surface area contributed by atoms with E-state index in [1.165, 1.54) is 12.8 Å². The van der Waals surface area contributed by atoms with Crippen LogP contribution in [0.2, 0.25) is 0 Å². The van der Waals surface area contributed by atoms with E-state index in [9.17, 15) is 5.11 Å². The fourth-order valence-electron chi connectivity index (χ4n) is 2.16. The summed E-state index contributed by atoms with van der Waals surface area (Å²) in [5.74, 6) is 0.814. The Morgan fingerprint density at radius 2 is 2.00 bits per heavy atom. The third kappa shape index (κ3) is 2.22. The number of hydrogen-bond acceptors (Lipinski definition) is 3. The van der Waals surface area contributed by atoms with Crippen LogP contribution in [0.15, 0.2) is 0 Å². The minimum Gasteiger partial charge on any atom is -0.388 e. The molecule has 0 bridgehead atoms. The molecular weight excluding hydrogens is 164 g/mol. The highest BCUT2D eigenvalue weighted by atomic mass is 16.3. The molecule has 0 aromatic carbocycles. The van der Waals surface area contributed by atoms with Gasteiger partial charge in [0.2, 0.25) is 0 Å². The van der Waals surface area contributed by atoms with Gasteiger partial charge in [-0.3, -0.25) is 0 Å². The van der Waals surface area contributed by atoms with Crippen molar-refractivity contribution in [3.8, 4) is 0 Å². The average Bonchev–Trinajstić information content (AvgIpc) is 2.89. The molecule has 1 aliphatic heterocycles. The van der Waals surface area contributed by atoms with Gasteiger partial charge in [-0.05, 0) is 38.3 Å². The summed E-state index contributed by atoms with van der Waals surface area (Å²) in [5.41, 5.74) is 5.47. The second-order valence-corrected chi connectivity index (χ2v) is 4.64. The maximum Gasteiger partial charge on any atom is 0.0822 e. The number of rotatable bonds is 3. The zero-order valence-corrected chi connectivity index (χ0v) is 8.13. The van der Waals surface area contributed by atoms with Gasteiger partial charge in [0.1, 0.15) is 0 Å². The lowest BCUT2D eigenvalue weighted by molar-refractivity contribution is -0.0170. The first kappa shape index (κ1) is 9.44. The molecule has 0 amide bonds. The Labute approximate surface area is 79.7 Å². The predicted octanol–water partition coefficient (Wildman–Crippen LogP) is 0.228. The second-order valence-electron chi connectivity index (χ2n) is 4.64. The molecule has 1 aliphatic carbocycles. The Morgan fingerprint density at radius 1 is 1.38 bits per heavy atom. The van der Waals surface area contributed by atoms with Crippen LogP contribution in [0.1, 0.15) is 32.1 Å². The van der Waals surface area contributed by atoms with E-state index in [0.717, 1.165) is 38.3 Å². The van der Waals surface area contributed by atoms with Gasteiger partial charge in [0, 0.05) is 6.04 Å². The molecule has 76 valence electrons. The van der Waals surface area contributed by atoms with Crippen molar-refractivity contribution < 1.29 is 5.11 Å². The van der Waals surface area contributed by atoms with Gasteiger partial charge in [-0.2, -0.15) is 0 Å². The molecule has 0 aromatic rings. The third-order valence-corrected chi connectivity index (χ3v) is 3.44. The Balaban J connectivity index is 1.86. The first-order valence-electron chi connectivity index (χ1n) is 5.39. The van der Waals surface area contributed by atoms with E-state index < -0.39 is 5.60 Å². The van der Waals surface area contributed by atoms with E-state index in [4.69, 9.17) is 5.73 Å². The predicted molar refractivity (Wildman–Crippen MR) is 52.4 cm³/mol. The molecule has 2 aliphatic rings. The van der Waals surface area contributed by atoms with Gasteiger partial charge in [0.05, 0.1) is 5.60 Å². The summed E-state index contributed by atoms with van der Waals surface area (Å²) in [5, 5.41) is 13.5. The topological polar surface area (TPSA) is 58.3 Å². The van der Waals surface area contributed by atoms with Gasteiger partial charge < -0.3 is 16.2 Å². The first-order chi connectivity index (χ1) is 6.21. The second kappa shape index (κ2) is 3.56. The van der Waals surface area contributed by atoms with E-state index >= 15 is 0 Å².